The first-order valence-corrected chi connectivity index (χ1v) is 4.27. The minimum Gasteiger partial charge on any atom is -0.507 e. The predicted octanol–water partition coefficient (Wildman–Crippen LogP) is 0.719. The van der Waals surface area contributed by atoms with Crippen LogP contribution in [-0.2, 0) is 0 Å². The Morgan fingerprint density at radius 2 is 2.14 bits per heavy atom. The lowest BCUT2D eigenvalue weighted by atomic mass is 10.1. The molecule has 1 rings (SSSR count). The first kappa shape index (κ1) is 10.5. The van der Waals surface area contributed by atoms with Crippen molar-refractivity contribution in [3.05, 3.63) is 23.8 Å². The quantitative estimate of drug-likeness (QED) is 0.549. The Bertz CT molecular complexity index is 348. The molecule has 0 radical (unpaired) electrons. The minimum absolute atomic E-state index is 0.0585. The molecule has 0 unspecified atom stereocenters. The number of nitrogen functional groups attached to an aromatic ring is 1. The van der Waals surface area contributed by atoms with Gasteiger partial charge in [0.15, 0.2) is 5.78 Å². The van der Waals surface area contributed by atoms with Gasteiger partial charge in [0.05, 0.1) is 12.1 Å². The molecule has 0 saturated carbocycles. The topological polar surface area (TPSA) is 66.6 Å². The van der Waals surface area contributed by atoms with E-state index < -0.39 is 0 Å². The van der Waals surface area contributed by atoms with Gasteiger partial charge in [-0.15, -0.1) is 0 Å². The molecule has 0 bridgehead atoms. The van der Waals surface area contributed by atoms with Crippen LogP contribution in [0.25, 0.3) is 0 Å². The lowest BCUT2D eigenvalue weighted by Crippen LogP contribution is -2.21. The molecule has 1 aromatic carbocycles. The van der Waals surface area contributed by atoms with Crippen LogP contribution in [0, 0.1) is 0 Å². The molecule has 0 spiro atoms. The van der Waals surface area contributed by atoms with Crippen molar-refractivity contribution in [2.45, 2.75) is 0 Å². The average molecular weight is 194 g/mol. The maximum absolute atomic E-state index is 11.5. The first-order chi connectivity index (χ1) is 6.50. The van der Waals surface area contributed by atoms with Gasteiger partial charge in [0.1, 0.15) is 5.75 Å². The number of carbonyl (C=O) groups is 1. The van der Waals surface area contributed by atoms with Crippen molar-refractivity contribution in [1.29, 1.82) is 0 Å². The number of phenols is 1. The molecule has 0 aliphatic carbocycles. The van der Waals surface area contributed by atoms with Gasteiger partial charge in [-0.2, -0.15) is 0 Å². The highest BCUT2D eigenvalue weighted by Crippen LogP contribution is 2.20. The van der Waals surface area contributed by atoms with Gasteiger partial charge in [0, 0.05) is 11.8 Å². The Morgan fingerprint density at radius 3 is 2.64 bits per heavy atom. The Balaban J connectivity index is 2.90. The van der Waals surface area contributed by atoms with Crippen molar-refractivity contribution in [3.63, 3.8) is 0 Å². The zero-order valence-electron chi connectivity index (χ0n) is 8.32. The van der Waals surface area contributed by atoms with Gasteiger partial charge in [-0.3, -0.25) is 4.79 Å². The van der Waals surface area contributed by atoms with Crippen molar-refractivity contribution in [2.75, 3.05) is 26.4 Å². The molecule has 4 heteroatoms. The standard InChI is InChI=1S/C10H14N2O2/c1-12(2)6-10(14)8-4-3-7(11)5-9(8)13/h3-5,13H,6,11H2,1-2H3. The average Bonchev–Trinajstić information content (AvgIpc) is 2.01. The number of nitrogens with zero attached hydrogens (tertiary/aromatic N) is 1. The second kappa shape index (κ2) is 4.11. The molecule has 0 atom stereocenters. The van der Waals surface area contributed by atoms with Crippen LogP contribution < -0.4 is 5.73 Å². The zero-order chi connectivity index (χ0) is 10.7. The van der Waals surface area contributed by atoms with E-state index in [1.165, 1.54) is 12.1 Å². The highest BCUT2D eigenvalue weighted by Gasteiger charge is 2.11. The molecule has 1 aromatic rings. The minimum atomic E-state index is -0.118. The Kier molecular flexibility index (Phi) is 3.09. The molecule has 0 amide bonds. The molecule has 0 saturated heterocycles. The smallest absolute Gasteiger partial charge is 0.180 e. The normalized spacial score (nSPS) is 10.5. The van der Waals surface area contributed by atoms with Crippen molar-refractivity contribution in [3.8, 4) is 5.75 Å². The van der Waals surface area contributed by atoms with E-state index >= 15 is 0 Å². The summed E-state index contributed by atoms with van der Waals surface area (Å²) in [5.74, 6) is -0.177. The largest absolute Gasteiger partial charge is 0.507 e. The van der Waals surface area contributed by atoms with Crippen LogP contribution in [0.5, 0.6) is 5.75 Å². The van der Waals surface area contributed by atoms with E-state index in [2.05, 4.69) is 0 Å². The van der Waals surface area contributed by atoms with Gasteiger partial charge in [0.2, 0.25) is 0 Å². The van der Waals surface area contributed by atoms with Gasteiger partial charge in [0.25, 0.3) is 0 Å². The maximum atomic E-state index is 11.5. The first-order valence-electron chi connectivity index (χ1n) is 4.27. The summed E-state index contributed by atoms with van der Waals surface area (Å²) < 4.78 is 0. The lowest BCUT2D eigenvalue weighted by Gasteiger charge is -2.09. The van der Waals surface area contributed by atoms with E-state index in [1.807, 2.05) is 0 Å². The van der Waals surface area contributed by atoms with Crippen LogP contribution >= 0.6 is 0 Å². The second-order valence-corrected chi connectivity index (χ2v) is 3.44. The fraction of sp³-hybridized carbons (Fsp3) is 0.300. The third-order valence-electron chi connectivity index (χ3n) is 1.78. The number of carbonyl (C=O) groups excluding carboxylic acids is 1. The third-order valence-corrected chi connectivity index (χ3v) is 1.78. The summed E-state index contributed by atoms with van der Waals surface area (Å²) in [7, 11) is 3.60. The van der Waals surface area contributed by atoms with Crippen LogP contribution in [0.3, 0.4) is 0 Å². The number of nitrogens with two attached hydrogens (primary N) is 1. The number of phenolic OH excluding ortho intramolecular Hbond substituents is 1. The van der Waals surface area contributed by atoms with E-state index in [0.717, 1.165) is 0 Å². The van der Waals surface area contributed by atoms with Gasteiger partial charge >= 0.3 is 0 Å². The van der Waals surface area contributed by atoms with Crippen molar-refractivity contribution >= 4 is 11.5 Å². The molecule has 0 aliphatic rings. The van der Waals surface area contributed by atoms with E-state index in [0.29, 0.717) is 11.3 Å². The molecule has 4 nitrogen and oxygen atoms in total. The number of anilines is 1. The lowest BCUT2D eigenvalue weighted by molar-refractivity contribution is 0.0955. The van der Waals surface area contributed by atoms with Crippen LogP contribution in [0.1, 0.15) is 10.4 Å². The maximum Gasteiger partial charge on any atom is 0.180 e. The van der Waals surface area contributed by atoms with Crippen molar-refractivity contribution < 1.29 is 9.90 Å². The summed E-state index contributed by atoms with van der Waals surface area (Å²) in [5, 5.41) is 9.46. The summed E-state index contributed by atoms with van der Waals surface area (Å²) in [5.41, 5.74) is 6.21. The molecule has 0 aliphatic heterocycles. The van der Waals surface area contributed by atoms with Crippen LogP contribution in [0.15, 0.2) is 18.2 Å². The van der Waals surface area contributed by atoms with Crippen LogP contribution in [-0.4, -0.2) is 36.4 Å². The number of likely N-dealkylation sites (N-methyl/N-ethyl adjacent to an activating group) is 1. The molecule has 14 heavy (non-hydrogen) atoms. The van der Waals surface area contributed by atoms with Gasteiger partial charge in [-0.05, 0) is 26.2 Å². The molecule has 0 heterocycles. The third kappa shape index (κ3) is 2.47. The molecule has 0 aromatic heterocycles. The number of hydrogen-bond donors (Lipinski definition) is 2. The molecule has 3 N–H and O–H groups in total. The Labute approximate surface area is 82.9 Å². The van der Waals surface area contributed by atoms with Crippen molar-refractivity contribution in [1.82, 2.24) is 4.90 Å². The van der Waals surface area contributed by atoms with Crippen LogP contribution in [0.4, 0.5) is 5.69 Å². The number of ketones is 1. The van der Waals surface area contributed by atoms with Crippen LogP contribution in [0.2, 0.25) is 0 Å². The van der Waals surface area contributed by atoms with Gasteiger partial charge in [-0.1, -0.05) is 0 Å². The molecule has 76 valence electrons. The molecular formula is C10H14N2O2. The number of rotatable bonds is 3. The molecule has 0 fully saturated rings. The fourth-order valence-electron chi connectivity index (χ4n) is 1.16. The zero-order valence-corrected chi connectivity index (χ0v) is 8.32. The highest BCUT2D eigenvalue weighted by molar-refractivity contribution is 6.00. The summed E-state index contributed by atoms with van der Waals surface area (Å²) in [6.07, 6.45) is 0. The number of hydrogen-bond acceptors (Lipinski definition) is 4. The van der Waals surface area contributed by atoms with E-state index in [4.69, 9.17) is 5.73 Å². The van der Waals surface area contributed by atoms with E-state index in [1.54, 1.807) is 25.1 Å². The number of benzene rings is 1. The van der Waals surface area contributed by atoms with E-state index in [9.17, 15) is 9.90 Å². The number of Topliss-reactive ketones (excluding diaryl/α,β-unsaturated/α-hetero) is 1. The highest BCUT2D eigenvalue weighted by atomic mass is 16.3. The summed E-state index contributed by atoms with van der Waals surface area (Å²) in [6.45, 7) is 0.275. The second-order valence-electron chi connectivity index (χ2n) is 3.44. The van der Waals surface area contributed by atoms with Gasteiger partial charge < -0.3 is 15.7 Å². The van der Waals surface area contributed by atoms with Crippen molar-refractivity contribution in [2.24, 2.45) is 0 Å². The SMILES string of the molecule is CN(C)CC(=O)c1ccc(N)cc1O. The number of aromatic hydroxyl groups is 1. The predicted molar refractivity (Wildman–Crippen MR) is 55.4 cm³/mol. The molecular weight excluding hydrogens is 180 g/mol. The summed E-state index contributed by atoms with van der Waals surface area (Å²) in [6, 6.07) is 4.52. The summed E-state index contributed by atoms with van der Waals surface area (Å²) in [4.78, 5) is 13.3. The Morgan fingerprint density at radius 1 is 1.50 bits per heavy atom. The Hall–Kier alpha value is -1.55. The van der Waals surface area contributed by atoms with E-state index in [-0.39, 0.29) is 18.1 Å². The monoisotopic (exact) mass is 194 g/mol. The van der Waals surface area contributed by atoms with Gasteiger partial charge in [-0.25, -0.2) is 0 Å². The summed E-state index contributed by atoms with van der Waals surface area (Å²) >= 11 is 0. The fourth-order valence-corrected chi connectivity index (χ4v) is 1.16.